The molecular weight excluding hydrogens is 230 g/mol. The summed E-state index contributed by atoms with van der Waals surface area (Å²) in [5.41, 5.74) is 0. The molecule has 0 aromatic carbocycles. The van der Waals surface area contributed by atoms with Crippen LogP contribution in [0.1, 0.15) is 26.7 Å². The maximum absolute atomic E-state index is 11.2. The highest BCUT2D eigenvalue weighted by Crippen LogP contribution is 2.21. The number of sulfone groups is 1. The predicted molar refractivity (Wildman–Crippen MR) is 67.3 cm³/mol. The average Bonchev–Trinajstić information content (AvgIpc) is 2.16. The zero-order valence-corrected chi connectivity index (χ0v) is 11.4. The van der Waals surface area contributed by atoms with Crippen LogP contribution in [-0.4, -0.2) is 43.5 Å². The summed E-state index contributed by atoms with van der Waals surface area (Å²) in [5.74, 6) is 0.703. The summed E-state index contributed by atoms with van der Waals surface area (Å²) in [7, 11) is -2.72. The van der Waals surface area contributed by atoms with Crippen molar-refractivity contribution < 1.29 is 8.42 Å². The third-order valence-electron chi connectivity index (χ3n) is 2.92. The third kappa shape index (κ3) is 4.74. The van der Waals surface area contributed by atoms with Gasteiger partial charge in [0.1, 0.15) is 9.84 Å². The number of hydrogen-bond acceptors (Lipinski definition) is 4. The Kier molecular flexibility index (Phi) is 4.50. The SMILES string of the molecule is CSC(C)(C)CNC1CCS(=O)(=O)CC1. The molecule has 0 aromatic rings. The van der Waals surface area contributed by atoms with Crippen molar-refractivity contribution in [2.75, 3.05) is 24.3 Å². The topological polar surface area (TPSA) is 46.2 Å². The molecule has 1 heterocycles. The predicted octanol–water partition coefficient (Wildman–Crippen LogP) is 1.29. The van der Waals surface area contributed by atoms with E-state index in [1.807, 2.05) is 11.8 Å². The molecule has 15 heavy (non-hydrogen) atoms. The van der Waals surface area contributed by atoms with Crippen molar-refractivity contribution in [1.29, 1.82) is 0 Å². The lowest BCUT2D eigenvalue weighted by Crippen LogP contribution is -2.43. The van der Waals surface area contributed by atoms with Crippen LogP contribution >= 0.6 is 11.8 Å². The summed E-state index contributed by atoms with van der Waals surface area (Å²) in [4.78, 5) is 0. The van der Waals surface area contributed by atoms with Gasteiger partial charge in [0.15, 0.2) is 0 Å². The van der Waals surface area contributed by atoms with Gasteiger partial charge in [-0.3, -0.25) is 0 Å². The molecule has 1 aliphatic heterocycles. The summed E-state index contributed by atoms with van der Waals surface area (Å²) in [6.45, 7) is 5.34. The Morgan fingerprint density at radius 2 is 1.87 bits per heavy atom. The zero-order chi connectivity index (χ0) is 11.5. The van der Waals surface area contributed by atoms with E-state index in [9.17, 15) is 8.42 Å². The van der Waals surface area contributed by atoms with E-state index in [1.54, 1.807) is 0 Å². The lowest BCUT2D eigenvalue weighted by molar-refractivity contribution is 0.444. The van der Waals surface area contributed by atoms with Gasteiger partial charge in [0.25, 0.3) is 0 Å². The van der Waals surface area contributed by atoms with Crippen LogP contribution in [-0.2, 0) is 9.84 Å². The number of hydrogen-bond donors (Lipinski definition) is 1. The molecule has 0 spiro atoms. The molecular formula is C10H21NO2S2. The summed E-state index contributed by atoms with van der Waals surface area (Å²) < 4.78 is 22.7. The Labute approximate surface area is 97.3 Å². The standard InChI is InChI=1S/C10H21NO2S2/c1-10(2,14-3)8-11-9-4-6-15(12,13)7-5-9/h9,11H,4-8H2,1-3H3. The van der Waals surface area contributed by atoms with Gasteiger partial charge in [-0.25, -0.2) is 8.42 Å². The van der Waals surface area contributed by atoms with Gasteiger partial charge < -0.3 is 5.32 Å². The second kappa shape index (κ2) is 5.06. The fourth-order valence-electron chi connectivity index (χ4n) is 1.56. The van der Waals surface area contributed by atoms with Crippen LogP contribution in [0.25, 0.3) is 0 Å². The van der Waals surface area contributed by atoms with Crippen molar-refractivity contribution in [3.05, 3.63) is 0 Å². The minimum atomic E-state index is -2.72. The van der Waals surface area contributed by atoms with Crippen molar-refractivity contribution in [2.24, 2.45) is 0 Å². The van der Waals surface area contributed by atoms with E-state index in [1.165, 1.54) is 0 Å². The van der Waals surface area contributed by atoms with Crippen molar-refractivity contribution in [2.45, 2.75) is 37.5 Å². The summed E-state index contributed by atoms with van der Waals surface area (Å²) in [6, 6.07) is 0.389. The smallest absolute Gasteiger partial charge is 0.150 e. The van der Waals surface area contributed by atoms with Crippen molar-refractivity contribution in [3.8, 4) is 0 Å². The van der Waals surface area contributed by atoms with E-state index in [0.29, 0.717) is 17.5 Å². The molecule has 1 saturated heterocycles. The maximum Gasteiger partial charge on any atom is 0.150 e. The Morgan fingerprint density at radius 3 is 2.33 bits per heavy atom. The molecule has 1 fully saturated rings. The van der Waals surface area contributed by atoms with Crippen LogP contribution in [0.2, 0.25) is 0 Å². The zero-order valence-electron chi connectivity index (χ0n) is 9.75. The van der Waals surface area contributed by atoms with Gasteiger partial charge in [0.2, 0.25) is 0 Å². The molecule has 90 valence electrons. The summed E-state index contributed by atoms with van der Waals surface area (Å²) >= 11 is 1.83. The van der Waals surface area contributed by atoms with E-state index < -0.39 is 9.84 Å². The normalized spacial score (nSPS) is 22.9. The Balaban J connectivity index is 2.31. The quantitative estimate of drug-likeness (QED) is 0.818. The highest BCUT2D eigenvalue weighted by molar-refractivity contribution is 7.99. The largest absolute Gasteiger partial charge is 0.313 e. The lowest BCUT2D eigenvalue weighted by atomic mass is 10.1. The fraction of sp³-hybridized carbons (Fsp3) is 1.00. The minimum absolute atomic E-state index is 0.232. The minimum Gasteiger partial charge on any atom is -0.313 e. The maximum atomic E-state index is 11.2. The van der Waals surface area contributed by atoms with Gasteiger partial charge in [-0.15, -0.1) is 0 Å². The molecule has 1 N–H and O–H groups in total. The van der Waals surface area contributed by atoms with Crippen LogP contribution < -0.4 is 5.32 Å². The van der Waals surface area contributed by atoms with Gasteiger partial charge in [0.05, 0.1) is 11.5 Å². The Hall–Kier alpha value is 0.260. The van der Waals surface area contributed by atoms with Gasteiger partial charge in [-0.05, 0) is 32.9 Å². The van der Waals surface area contributed by atoms with Gasteiger partial charge >= 0.3 is 0 Å². The van der Waals surface area contributed by atoms with Gasteiger partial charge in [-0.2, -0.15) is 11.8 Å². The molecule has 0 aliphatic carbocycles. The van der Waals surface area contributed by atoms with E-state index in [-0.39, 0.29) is 4.75 Å². The molecule has 0 aromatic heterocycles. The van der Waals surface area contributed by atoms with E-state index >= 15 is 0 Å². The van der Waals surface area contributed by atoms with E-state index in [0.717, 1.165) is 19.4 Å². The van der Waals surface area contributed by atoms with E-state index in [2.05, 4.69) is 25.4 Å². The van der Waals surface area contributed by atoms with Gasteiger partial charge in [0, 0.05) is 17.3 Å². The van der Waals surface area contributed by atoms with Crippen LogP contribution in [0.15, 0.2) is 0 Å². The Bertz CT molecular complexity index is 285. The van der Waals surface area contributed by atoms with E-state index in [4.69, 9.17) is 0 Å². The molecule has 1 aliphatic rings. The fourth-order valence-corrected chi connectivity index (χ4v) is 3.28. The van der Waals surface area contributed by atoms with Crippen LogP contribution in [0.5, 0.6) is 0 Å². The average molecular weight is 251 g/mol. The first-order chi connectivity index (χ1) is 6.85. The lowest BCUT2D eigenvalue weighted by Gasteiger charge is -2.28. The first-order valence-corrected chi connectivity index (χ1v) is 8.38. The monoisotopic (exact) mass is 251 g/mol. The molecule has 0 unspecified atom stereocenters. The van der Waals surface area contributed by atoms with Crippen LogP contribution in [0.4, 0.5) is 0 Å². The molecule has 5 heteroatoms. The van der Waals surface area contributed by atoms with Crippen molar-refractivity contribution >= 4 is 21.6 Å². The Morgan fingerprint density at radius 1 is 1.33 bits per heavy atom. The molecule has 0 amide bonds. The molecule has 0 saturated carbocycles. The molecule has 3 nitrogen and oxygen atoms in total. The van der Waals surface area contributed by atoms with Crippen LogP contribution in [0, 0.1) is 0 Å². The second-order valence-electron chi connectivity index (χ2n) is 4.77. The molecule has 1 rings (SSSR count). The van der Waals surface area contributed by atoms with Gasteiger partial charge in [-0.1, -0.05) is 0 Å². The highest BCUT2D eigenvalue weighted by atomic mass is 32.2. The third-order valence-corrected chi connectivity index (χ3v) is 5.89. The summed E-state index contributed by atoms with van der Waals surface area (Å²) in [5, 5.41) is 3.47. The second-order valence-corrected chi connectivity index (χ2v) is 8.59. The number of rotatable bonds is 4. The number of thioether (sulfide) groups is 1. The summed E-state index contributed by atoms with van der Waals surface area (Å²) in [6.07, 6.45) is 3.65. The van der Waals surface area contributed by atoms with Crippen molar-refractivity contribution in [1.82, 2.24) is 5.32 Å². The van der Waals surface area contributed by atoms with Crippen molar-refractivity contribution in [3.63, 3.8) is 0 Å². The molecule has 0 atom stereocenters. The molecule has 0 radical (unpaired) electrons. The first-order valence-electron chi connectivity index (χ1n) is 5.34. The molecule has 0 bridgehead atoms. The number of nitrogens with one attached hydrogen (secondary N) is 1. The first kappa shape index (κ1) is 13.3. The highest BCUT2D eigenvalue weighted by Gasteiger charge is 2.25. The van der Waals surface area contributed by atoms with Crippen LogP contribution in [0.3, 0.4) is 0 Å².